The van der Waals surface area contributed by atoms with E-state index < -0.39 is 10.0 Å². The van der Waals surface area contributed by atoms with Gasteiger partial charge in [-0.25, -0.2) is 8.42 Å². The van der Waals surface area contributed by atoms with Crippen molar-refractivity contribution >= 4 is 10.0 Å². The molecule has 0 spiro atoms. The van der Waals surface area contributed by atoms with E-state index in [4.69, 9.17) is 5.73 Å². The van der Waals surface area contributed by atoms with Crippen LogP contribution in [0.2, 0.25) is 0 Å². The van der Waals surface area contributed by atoms with Crippen LogP contribution in [-0.2, 0) is 10.0 Å². The Balaban J connectivity index is 2.36. The molecule has 1 aromatic carbocycles. The molecule has 2 N–H and O–H groups in total. The molecule has 5 heteroatoms. The van der Waals surface area contributed by atoms with Gasteiger partial charge in [0.25, 0.3) is 0 Å². The fraction of sp³-hybridized carbons (Fsp3) is 0.538. The predicted octanol–water partition coefficient (Wildman–Crippen LogP) is 1.50. The summed E-state index contributed by atoms with van der Waals surface area (Å²) in [6.07, 6.45) is 3.01. The van der Waals surface area contributed by atoms with Crippen LogP contribution in [-0.4, -0.2) is 31.9 Å². The number of hydrogen-bond donors (Lipinski definition) is 1. The van der Waals surface area contributed by atoms with Gasteiger partial charge in [-0.2, -0.15) is 4.31 Å². The Hall–Kier alpha value is -0.910. The number of benzene rings is 1. The second-order valence-electron chi connectivity index (χ2n) is 4.75. The zero-order valence-corrected chi connectivity index (χ0v) is 11.5. The van der Waals surface area contributed by atoms with E-state index in [-0.39, 0.29) is 6.04 Å². The van der Waals surface area contributed by atoms with Gasteiger partial charge in [-0.1, -0.05) is 24.6 Å². The standard InChI is InChI=1S/C13H20N2O2S/c1-11-5-2-3-8-13(11)18(16,17)15(10-9-14)12-6-4-7-12/h2-3,5,8,12H,4,6-7,9-10,14H2,1H3. The summed E-state index contributed by atoms with van der Waals surface area (Å²) in [5.74, 6) is 0. The molecule has 0 amide bonds. The van der Waals surface area contributed by atoms with E-state index in [0.717, 1.165) is 24.8 Å². The quantitative estimate of drug-likeness (QED) is 0.880. The third-order valence-corrected chi connectivity index (χ3v) is 5.62. The Labute approximate surface area is 109 Å². The highest BCUT2D eigenvalue weighted by Gasteiger charge is 2.34. The first kappa shape index (κ1) is 13.5. The number of hydrogen-bond acceptors (Lipinski definition) is 3. The van der Waals surface area contributed by atoms with Crippen molar-refractivity contribution in [3.63, 3.8) is 0 Å². The molecule has 1 aliphatic rings. The van der Waals surface area contributed by atoms with E-state index in [1.807, 2.05) is 19.1 Å². The van der Waals surface area contributed by atoms with E-state index in [0.29, 0.717) is 18.0 Å². The summed E-state index contributed by atoms with van der Waals surface area (Å²) in [7, 11) is -3.40. The van der Waals surface area contributed by atoms with E-state index >= 15 is 0 Å². The molecule has 0 bridgehead atoms. The van der Waals surface area contributed by atoms with E-state index in [1.54, 1.807) is 16.4 Å². The lowest BCUT2D eigenvalue weighted by molar-refractivity contribution is 0.223. The second-order valence-corrected chi connectivity index (χ2v) is 6.61. The zero-order chi connectivity index (χ0) is 13.2. The Morgan fingerprint density at radius 3 is 2.50 bits per heavy atom. The molecule has 100 valence electrons. The van der Waals surface area contributed by atoms with Crippen molar-refractivity contribution in [2.45, 2.75) is 37.1 Å². The second kappa shape index (κ2) is 5.38. The number of nitrogens with two attached hydrogens (primary N) is 1. The Kier molecular flexibility index (Phi) is 4.04. The fourth-order valence-electron chi connectivity index (χ4n) is 2.27. The fourth-order valence-corrected chi connectivity index (χ4v) is 4.20. The maximum absolute atomic E-state index is 12.6. The summed E-state index contributed by atoms with van der Waals surface area (Å²) < 4.78 is 26.9. The molecular formula is C13H20N2O2S. The first-order valence-corrected chi connectivity index (χ1v) is 7.79. The molecule has 18 heavy (non-hydrogen) atoms. The molecule has 0 heterocycles. The summed E-state index contributed by atoms with van der Waals surface area (Å²) in [4.78, 5) is 0.408. The lowest BCUT2D eigenvalue weighted by Gasteiger charge is -2.36. The highest BCUT2D eigenvalue weighted by molar-refractivity contribution is 7.89. The first-order valence-electron chi connectivity index (χ1n) is 6.35. The Morgan fingerprint density at radius 2 is 2.00 bits per heavy atom. The van der Waals surface area contributed by atoms with Gasteiger partial charge in [-0.3, -0.25) is 0 Å². The number of nitrogens with zero attached hydrogens (tertiary/aromatic N) is 1. The van der Waals surface area contributed by atoms with Crippen molar-refractivity contribution < 1.29 is 8.42 Å². The van der Waals surface area contributed by atoms with E-state index in [1.165, 1.54) is 0 Å². The molecule has 1 saturated carbocycles. The van der Waals surface area contributed by atoms with Crippen LogP contribution in [0.15, 0.2) is 29.2 Å². The van der Waals surface area contributed by atoms with Crippen molar-refractivity contribution in [2.75, 3.05) is 13.1 Å². The number of aryl methyl sites for hydroxylation is 1. The summed E-state index contributed by atoms with van der Waals surface area (Å²) in [6, 6.07) is 7.26. The van der Waals surface area contributed by atoms with Crippen molar-refractivity contribution in [3.05, 3.63) is 29.8 Å². The van der Waals surface area contributed by atoms with Gasteiger partial charge >= 0.3 is 0 Å². The number of sulfonamides is 1. The highest BCUT2D eigenvalue weighted by atomic mass is 32.2. The van der Waals surface area contributed by atoms with Gasteiger partial charge in [0.15, 0.2) is 0 Å². The predicted molar refractivity (Wildman–Crippen MR) is 71.8 cm³/mol. The van der Waals surface area contributed by atoms with Crippen LogP contribution in [0.1, 0.15) is 24.8 Å². The van der Waals surface area contributed by atoms with Gasteiger partial charge in [-0.15, -0.1) is 0 Å². The van der Waals surface area contributed by atoms with Crippen molar-refractivity contribution in [1.29, 1.82) is 0 Å². The van der Waals surface area contributed by atoms with Gasteiger partial charge in [0.2, 0.25) is 10.0 Å². The molecule has 1 fully saturated rings. The minimum absolute atomic E-state index is 0.137. The normalized spacial score (nSPS) is 16.8. The van der Waals surface area contributed by atoms with Crippen LogP contribution >= 0.6 is 0 Å². The minimum Gasteiger partial charge on any atom is -0.329 e. The SMILES string of the molecule is Cc1ccccc1S(=O)(=O)N(CCN)C1CCC1. The lowest BCUT2D eigenvalue weighted by Crippen LogP contribution is -2.46. The van der Waals surface area contributed by atoms with Crippen LogP contribution in [0.3, 0.4) is 0 Å². The smallest absolute Gasteiger partial charge is 0.243 e. The molecule has 0 aliphatic heterocycles. The van der Waals surface area contributed by atoms with E-state index in [9.17, 15) is 8.42 Å². The topological polar surface area (TPSA) is 63.4 Å². The largest absolute Gasteiger partial charge is 0.329 e. The molecule has 0 saturated heterocycles. The van der Waals surface area contributed by atoms with Gasteiger partial charge in [-0.05, 0) is 31.4 Å². The zero-order valence-electron chi connectivity index (χ0n) is 10.7. The van der Waals surface area contributed by atoms with Gasteiger partial charge in [0.1, 0.15) is 0 Å². The van der Waals surface area contributed by atoms with Crippen LogP contribution in [0.25, 0.3) is 0 Å². The van der Waals surface area contributed by atoms with Crippen LogP contribution in [0.5, 0.6) is 0 Å². The van der Waals surface area contributed by atoms with E-state index in [2.05, 4.69) is 0 Å². The monoisotopic (exact) mass is 268 g/mol. The molecule has 0 unspecified atom stereocenters. The molecule has 4 nitrogen and oxygen atoms in total. The third-order valence-electron chi connectivity index (χ3n) is 3.51. The third kappa shape index (κ3) is 2.43. The average Bonchev–Trinajstić information content (AvgIpc) is 2.26. The maximum atomic E-state index is 12.6. The minimum atomic E-state index is -3.40. The van der Waals surface area contributed by atoms with Crippen molar-refractivity contribution in [3.8, 4) is 0 Å². The van der Waals surface area contributed by atoms with Gasteiger partial charge in [0.05, 0.1) is 4.90 Å². The van der Waals surface area contributed by atoms with Crippen molar-refractivity contribution in [1.82, 2.24) is 4.31 Å². The maximum Gasteiger partial charge on any atom is 0.243 e. The van der Waals surface area contributed by atoms with Crippen molar-refractivity contribution in [2.24, 2.45) is 5.73 Å². The summed E-state index contributed by atoms with van der Waals surface area (Å²) >= 11 is 0. The Bertz CT molecular complexity index is 509. The highest BCUT2D eigenvalue weighted by Crippen LogP contribution is 2.30. The van der Waals surface area contributed by atoms with Crippen LogP contribution in [0.4, 0.5) is 0 Å². The van der Waals surface area contributed by atoms with Gasteiger partial charge < -0.3 is 5.73 Å². The summed E-state index contributed by atoms with van der Waals surface area (Å²) in [6.45, 7) is 2.59. The molecule has 0 atom stereocenters. The molecule has 1 aromatic rings. The summed E-state index contributed by atoms with van der Waals surface area (Å²) in [5.41, 5.74) is 6.34. The summed E-state index contributed by atoms with van der Waals surface area (Å²) in [5, 5.41) is 0. The van der Waals surface area contributed by atoms with Crippen LogP contribution in [0, 0.1) is 6.92 Å². The number of rotatable bonds is 5. The first-order chi connectivity index (χ1) is 8.57. The Morgan fingerprint density at radius 1 is 1.33 bits per heavy atom. The molecule has 0 aromatic heterocycles. The molecular weight excluding hydrogens is 248 g/mol. The lowest BCUT2D eigenvalue weighted by atomic mass is 9.93. The van der Waals surface area contributed by atoms with Crippen LogP contribution < -0.4 is 5.73 Å². The molecule has 2 rings (SSSR count). The molecule has 0 radical (unpaired) electrons. The van der Waals surface area contributed by atoms with Gasteiger partial charge in [0, 0.05) is 19.1 Å². The molecule has 1 aliphatic carbocycles. The average molecular weight is 268 g/mol.